The van der Waals surface area contributed by atoms with E-state index < -0.39 is 0 Å². The molecule has 0 amide bonds. The Labute approximate surface area is 73.3 Å². The van der Waals surface area contributed by atoms with Crippen LogP contribution in [-0.4, -0.2) is 11.5 Å². The molecule has 0 aliphatic rings. The van der Waals surface area contributed by atoms with E-state index in [9.17, 15) is 0 Å². The number of rotatable bonds is 4. The average Bonchev–Trinajstić information content (AvgIpc) is 2.14. The molecule has 0 saturated heterocycles. The Morgan fingerprint density at radius 3 is 2.83 bits per heavy atom. The minimum absolute atomic E-state index is 0.981. The highest BCUT2D eigenvalue weighted by atomic mass is 14.9. The summed E-state index contributed by atoms with van der Waals surface area (Å²) in [6, 6.07) is 3.94. The van der Waals surface area contributed by atoms with Crippen LogP contribution < -0.4 is 5.32 Å². The van der Waals surface area contributed by atoms with E-state index in [1.807, 2.05) is 19.1 Å². The molecular formula is C10H14N2. The summed E-state index contributed by atoms with van der Waals surface area (Å²) >= 11 is 0. The third-order valence-electron chi connectivity index (χ3n) is 1.56. The summed E-state index contributed by atoms with van der Waals surface area (Å²) in [5.41, 5.74) is 1.13. The Morgan fingerprint density at radius 2 is 2.17 bits per heavy atom. The maximum Gasteiger partial charge on any atom is 0.0371 e. The molecule has 0 spiro atoms. The number of aromatic nitrogens is 1. The van der Waals surface area contributed by atoms with Gasteiger partial charge in [-0.15, -0.1) is 0 Å². The van der Waals surface area contributed by atoms with E-state index in [1.54, 1.807) is 12.4 Å². The molecule has 1 heterocycles. The highest BCUT2D eigenvalue weighted by Gasteiger charge is 1.86. The lowest BCUT2D eigenvalue weighted by molar-refractivity contribution is 1.06. The van der Waals surface area contributed by atoms with Gasteiger partial charge in [0.15, 0.2) is 0 Å². The zero-order valence-electron chi connectivity index (χ0n) is 7.33. The van der Waals surface area contributed by atoms with Crippen LogP contribution in [0.5, 0.6) is 0 Å². The van der Waals surface area contributed by atoms with Crippen molar-refractivity contribution in [1.29, 1.82) is 0 Å². The van der Waals surface area contributed by atoms with Gasteiger partial charge in [-0.2, -0.15) is 0 Å². The topological polar surface area (TPSA) is 24.9 Å². The molecule has 64 valence electrons. The molecule has 0 atom stereocenters. The minimum atomic E-state index is 0.981. The first kappa shape index (κ1) is 8.78. The molecule has 0 radical (unpaired) electrons. The number of hydrogen-bond donors (Lipinski definition) is 1. The lowest BCUT2D eigenvalue weighted by Crippen LogP contribution is -1.99. The van der Waals surface area contributed by atoms with Crippen LogP contribution in [0.3, 0.4) is 0 Å². The van der Waals surface area contributed by atoms with E-state index in [0.717, 1.165) is 18.7 Å². The van der Waals surface area contributed by atoms with Crippen LogP contribution in [0.15, 0.2) is 36.7 Å². The van der Waals surface area contributed by atoms with Crippen molar-refractivity contribution in [3.8, 4) is 0 Å². The quantitative estimate of drug-likeness (QED) is 0.543. The van der Waals surface area contributed by atoms with Crippen molar-refractivity contribution >= 4 is 5.69 Å². The number of hydrogen-bond acceptors (Lipinski definition) is 2. The highest BCUT2D eigenvalue weighted by molar-refractivity contribution is 5.40. The first-order chi connectivity index (χ1) is 5.93. The molecular weight excluding hydrogens is 148 g/mol. The second kappa shape index (κ2) is 5.35. The van der Waals surface area contributed by atoms with Gasteiger partial charge in [0.05, 0.1) is 0 Å². The number of allylic oxidation sites excluding steroid dienone is 1. The Hall–Kier alpha value is -1.31. The summed E-state index contributed by atoms with van der Waals surface area (Å²) in [4.78, 5) is 3.94. The van der Waals surface area contributed by atoms with Gasteiger partial charge in [-0.05, 0) is 25.5 Å². The largest absolute Gasteiger partial charge is 0.385 e. The van der Waals surface area contributed by atoms with Gasteiger partial charge in [0.25, 0.3) is 0 Å². The molecule has 0 saturated carbocycles. The van der Waals surface area contributed by atoms with Gasteiger partial charge in [0.2, 0.25) is 0 Å². The molecule has 0 aromatic carbocycles. The number of nitrogens with one attached hydrogen (secondary N) is 1. The molecule has 1 N–H and O–H groups in total. The van der Waals surface area contributed by atoms with Crippen molar-refractivity contribution in [2.45, 2.75) is 13.3 Å². The van der Waals surface area contributed by atoms with E-state index in [1.165, 1.54) is 0 Å². The van der Waals surface area contributed by atoms with Crippen molar-refractivity contribution in [2.24, 2.45) is 0 Å². The summed E-state index contributed by atoms with van der Waals surface area (Å²) in [5.74, 6) is 0. The Balaban J connectivity index is 2.24. The van der Waals surface area contributed by atoms with Crippen LogP contribution in [0.1, 0.15) is 13.3 Å². The smallest absolute Gasteiger partial charge is 0.0371 e. The van der Waals surface area contributed by atoms with Gasteiger partial charge in [0.1, 0.15) is 0 Å². The lowest BCUT2D eigenvalue weighted by Gasteiger charge is -2.02. The first-order valence-corrected chi connectivity index (χ1v) is 4.18. The van der Waals surface area contributed by atoms with Crippen LogP contribution in [-0.2, 0) is 0 Å². The second-order valence-corrected chi connectivity index (χ2v) is 2.52. The maximum atomic E-state index is 3.94. The number of pyridine rings is 1. The zero-order chi connectivity index (χ0) is 8.65. The van der Waals surface area contributed by atoms with Gasteiger partial charge in [-0.25, -0.2) is 0 Å². The summed E-state index contributed by atoms with van der Waals surface area (Å²) in [6.07, 6.45) is 8.86. The van der Waals surface area contributed by atoms with E-state index in [-0.39, 0.29) is 0 Å². The lowest BCUT2D eigenvalue weighted by atomic mass is 10.3. The predicted molar refractivity (Wildman–Crippen MR) is 52.2 cm³/mol. The Morgan fingerprint density at radius 1 is 1.42 bits per heavy atom. The van der Waals surface area contributed by atoms with Crippen LogP contribution in [0.25, 0.3) is 0 Å². The highest BCUT2D eigenvalue weighted by Crippen LogP contribution is 2.02. The molecule has 0 aliphatic heterocycles. The van der Waals surface area contributed by atoms with Gasteiger partial charge in [-0.1, -0.05) is 12.2 Å². The summed E-state index contributed by atoms with van der Waals surface area (Å²) in [6.45, 7) is 3.01. The molecule has 1 aromatic rings. The molecule has 0 bridgehead atoms. The summed E-state index contributed by atoms with van der Waals surface area (Å²) < 4.78 is 0. The van der Waals surface area contributed by atoms with Crippen LogP contribution in [0, 0.1) is 0 Å². The maximum absolute atomic E-state index is 3.94. The van der Waals surface area contributed by atoms with E-state index >= 15 is 0 Å². The number of anilines is 1. The zero-order valence-corrected chi connectivity index (χ0v) is 7.33. The fourth-order valence-corrected chi connectivity index (χ4v) is 0.936. The van der Waals surface area contributed by atoms with Gasteiger partial charge >= 0.3 is 0 Å². The second-order valence-electron chi connectivity index (χ2n) is 2.52. The van der Waals surface area contributed by atoms with Gasteiger partial charge < -0.3 is 5.32 Å². The van der Waals surface area contributed by atoms with E-state index in [2.05, 4.69) is 22.5 Å². The number of nitrogens with zero attached hydrogens (tertiary/aromatic N) is 1. The Kier molecular flexibility index (Phi) is 3.92. The Bertz CT molecular complexity index is 229. The summed E-state index contributed by atoms with van der Waals surface area (Å²) in [7, 11) is 0. The molecule has 0 unspecified atom stereocenters. The molecule has 2 nitrogen and oxygen atoms in total. The minimum Gasteiger partial charge on any atom is -0.385 e. The molecule has 0 aliphatic carbocycles. The fraction of sp³-hybridized carbons (Fsp3) is 0.300. The SMILES string of the molecule is C/C=C/CCNc1ccncc1. The third-order valence-corrected chi connectivity index (χ3v) is 1.56. The first-order valence-electron chi connectivity index (χ1n) is 4.18. The third kappa shape index (κ3) is 3.19. The van der Waals surface area contributed by atoms with Crippen LogP contribution in [0.2, 0.25) is 0 Å². The fourth-order valence-electron chi connectivity index (χ4n) is 0.936. The predicted octanol–water partition coefficient (Wildman–Crippen LogP) is 2.46. The van der Waals surface area contributed by atoms with Crippen molar-refractivity contribution in [1.82, 2.24) is 4.98 Å². The summed E-state index contributed by atoms with van der Waals surface area (Å²) in [5, 5.41) is 3.29. The van der Waals surface area contributed by atoms with E-state index in [4.69, 9.17) is 0 Å². The molecule has 1 aromatic heterocycles. The normalized spacial score (nSPS) is 10.4. The van der Waals surface area contributed by atoms with Crippen LogP contribution >= 0.6 is 0 Å². The van der Waals surface area contributed by atoms with Crippen LogP contribution in [0.4, 0.5) is 5.69 Å². The van der Waals surface area contributed by atoms with Crippen molar-refractivity contribution < 1.29 is 0 Å². The van der Waals surface area contributed by atoms with Gasteiger partial charge in [0, 0.05) is 24.6 Å². The van der Waals surface area contributed by atoms with E-state index in [0.29, 0.717) is 0 Å². The molecule has 12 heavy (non-hydrogen) atoms. The average molecular weight is 162 g/mol. The monoisotopic (exact) mass is 162 g/mol. The molecule has 2 heteroatoms. The molecule has 1 rings (SSSR count). The van der Waals surface area contributed by atoms with Crippen molar-refractivity contribution in [2.75, 3.05) is 11.9 Å². The molecule has 0 fully saturated rings. The van der Waals surface area contributed by atoms with Crippen molar-refractivity contribution in [3.63, 3.8) is 0 Å². The standard InChI is InChI=1S/C10H14N2/c1-2-3-4-7-12-10-5-8-11-9-6-10/h2-3,5-6,8-9H,4,7H2,1H3,(H,11,12)/b3-2+. The van der Waals surface area contributed by atoms with Gasteiger partial charge in [-0.3, -0.25) is 4.98 Å². The van der Waals surface area contributed by atoms with Crippen molar-refractivity contribution in [3.05, 3.63) is 36.7 Å².